The summed E-state index contributed by atoms with van der Waals surface area (Å²) in [4.78, 5) is 21.2. The molecule has 0 unspecified atom stereocenters. The van der Waals surface area contributed by atoms with E-state index in [1.807, 2.05) is 0 Å². The molecule has 1 aromatic carbocycles. The number of carboxylic acid groups (broad SMARTS) is 1. The molecule has 1 aromatic rings. The summed E-state index contributed by atoms with van der Waals surface area (Å²) in [7, 11) is 0. The molecular formula is C10H11NO4S. The quantitative estimate of drug-likeness (QED) is 0.486. The molecule has 0 bridgehead atoms. The molecule has 1 N–H and O–H groups in total. The first-order valence-corrected chi connectivity index (χ1v) is 5.59. The van der Waals surface area contributed by atoms with Crippen molar-refractivity contribution in [1.29, 1.82) is 0 Å². The van der Waals surface area contributed by atoms with Crippen LogP contribution in [0.4, 0.5) is 5.69 Å². The van der Waals surface area contributed by atoms with Crippen LogP contribution in [0.5, 0.6) is 0 Å². The van der Waals surface area contributed by atoms with Crippen LogP contribution >= 0.6 is 11.8 Å². The van der Waals surface area contributed by atoms with E-state index >= 15 is 0 Å². The van der Waals surface area contributed by atoms with E-state index in [0.29, 0.717) is 5.75 Å². The Labute approximate surface area is 96.6 Å². The summed E-state index contributed by atoms with van der Waals surface area (Å²) in [6.07, 6.45) is 0.0844. The van der Waals surface area contributed by atoms with Gasteiger partial charge in [-0.25, -0.2) is 0 Å². The highest BCUT2D eigenvalue weighted by Crippen LogP contribution is 2.26. The van der Waals surface area contributed by atoms with Crippen molar-refractivity contribution in [2.45, 2.75) is 18.2 Å². The second-order valence-corrected chi connectivity index (χ2v) is 4.34. The molecule has 0 saturated carbocycles. The first-order valence-electron chi connectivity index (χ1n) is 4.60. The highest BCUT2D eigenvalue weighted by molar-refractivity contribution is 7.99. The number of nitro benzene ring substituents is 1. The van der Waals surface area contributed by atoms with Gasteiger partial charge in [-0.2, -0.15) is 0 Å². The lowest BCUT2D eigenvalue weighted by molar-refractivity contribution is -0.385. The van der Waals surface area contributed by atoms with Crippen molar-refractivity contribution in [3.63, 3.8) is 0 Å². The van der Waals surface area contributed by atoms with E-state index in [1.165, 1.54) is 23.9 Å². The number of hydrogen-bond acceptors (Lipinski definition) is 4. The van der Waals surface area contributed by atoms with Gasteiger partial charge in [-0.05, 0) is 18.6 Å². The lowest BCUT2D eigenvalue weighted by Crippen LogP contribution is -1.96. The monoisotopic (exact) mass is 241 g/mol. The number of carbonyl (C=O) groups is 1. The van der Waals surface area contributed by atoms with Gasteiger partial charge in [0.05, 0.1) is 11.3 Å². The molecule has 6 heteroatoms. The van der Waals surface area contributed by atoms with Gasteiger partial charge < -0.3 is 5.11 Å². The van der Waals surface area contributed by atoms with Gasteiger partial charge in [0.15, 0.2) is 0 Å². The van der Waals surface area contributed by atoms with Crippen LogP contribution in [0, 0.1) is 17.0 Å². The topological polar surface area (TPSA) is 80.4 Å². The van der Waals surface area contributed by atoms with Crippen LogP contribution in [0.1, 0.15) is 12.0 Å². The van der Waals surface area contributed by atoms with Crippen molar-refractivity contribution in [3.8, 4) is 0 Å². The third kappa shape index (κ3) is 3.54. The fourth-order valence-electron chi connectivity index (χ4n) is 1.16. The maximum atomic E-state index is 10.5. The summed E-state index contributed by atoms with van der Waals surface area (Å²) in [6.45, 7) is 1.77. The summed E-state index contributed by atoms with van der Waals surface area (Å²) >= 11 is 1.39. The van der Waals surface area contributed by atoms with Gasteiger partial charge in [-0.3, -0.25) is 14.9 Å². The summed E-state index contributed by atoms with van der Waals surface area (Å²) < 4.78 is 0. The molecule has 86 valence electrons. The molecule has 0 atom stereocenters. The number of aliphatic carboxylic acids is 1. The maximum absolute atomic E-state index is 10.5. The molecule has 0 heterocycles. The van der Waals surface area contributed by atoms with E-state index in [9.17, 15) is 14.9 Å². The van der Waals surface area contributed by atoms with Gasteiger partial charge in [0.2, 0.25) is 0 Å². The highest BCUT2D eigenvalue weighted by atomic mass is 32.2. The number of nitro groups is 1. The maximum Gasteiger partial charge on any atom is 0.304 e. The summed E-state index contributed by atoms with van der Waals surface area (Å²) in [6, 6.07) is 4.57. The van der Waals surface area contributed by atoms with Gasteiger partial charge in [0.25, 0.3) is 5.69 Å². The molecule has 0 spiro atoms. The van der Waals surface area contributed by atoms with Crippen molar-refractivity contribution in [2.24, 2.45) is 0 Å². The summed E-state index contributed by atoms with van der Waals surface area (Å²) in [5.74, 6) is -0.374. The third-order valence-corrected chi connectivity index (χ3v) is 3.12. The Morgan fingerprint density at radius 3 is 2.75 bits per heavy atom. The lowest BCUT2D eigenvalue weighted by atomic mass is 10.2. The first-order chi connectivity index (χ1) is 7.50. The highest BCUT2D eigenvalue weighted by Gasteiger charge is 2.08. The van der Waals surface area contributed by atoms with Crippen LogP contribution in [0.25, 0.3) is 0 Å². The number of non-ortho nitro benzene ring substituents is 1. The second kappa shape index (κ2) is 5.50. The van der Waals surface area contributed by atoms with Crippen LogP contribution in [0.15, 0.2) is 23.1 Å². The van der Waals surface area contributed by atoms with E-state index in [2.05, 4.69) is 0 Å². The van der Waals surface area contributed by atoms with Crippen molar-refractivity contribution in [2.75, 3.05) is 5.75 Å². The molecule has 5 nitrogen and oxygen atoms in total. The predicted octanol–water partition coefficient (Wildman–Crippen LogP) is 2.47. The minimum atomic E-state index is -0.841. The Bertz CT molecular complexity index is 419. The lowest BCUT2D eigenvalue weighted by Gasteiger charge is -2.03. The van der Waals surface area contributed by atoms with Crippen LogP contribution in [0.3, 0.4) is 0 Å². The fourth-order valence-corrected chi connectivity index (χ4v) is 2.10. The number of thioether (sulfide) groups is 1. The minimum Gasteiger partial charge on any atom is -0.481 e. The molecule has 0 aliphatic rings. The molecule has 0 aliphatic carbocycles. The van der Waals surface area contributed by atoms with Crippen LogP contribution in [-0.2, 0) is 4.79 Å². The second-order valence-electron chi connectivity index (χ2n) is 3.20. The number of carboxylic acids is 1. The molecule has 0 fully saturated rings. The average Bonchev–Trinajstić information content (AvgIpc) is 2.19. The molecule has 1 rings (SSSR count). The zero-order chi connectivity index (χ0) is 12.1. The summed E-state index contributed by atoms with van der Waals surface area (Å²) in [5.41, 5.74) is 0.852. The molecule has 0 radical (unpaired) electrons. The Morgan fingerprint density at radius 1 is 1.56 bits per heavy atom. The molecule has 0 amide bonds. The molecular weight excluding hydrogens is 230 g/mol. The van der Waals surface area contributed by atoms with Crippen molar-refractivity contribution >= 4 is 23.4 Å². The third-order valence-electron chi connectivity index (χ3n) is 1.94. The van der Waals surface area contributed by atoms with Gasteiger partial charge in [-0.1, -0.05) is 0 Å². The number of rotatable bonds is 5. The van der Waals surface area contributed by atoms with E-state index in [-0.39, 0.29) is 12.1 Å². The number of hydrogen-bond donors (Lipinski definition) is 1. The number of aryl methyl sites for hydroxylation is 1. The van der Waals surface area contributed by atoms with Crippen LogP contribution < -0.4 is 0 Å². The predicted molar refractivity (Wildman–Crippen MR) is 60.8 cm³/mol. The number of benzene rings is 1. The zero-order valence-corrected chi connectivity index (χ0v) is 9.49. The van der Waals surface area contributed by atoms with Crippen LogP contribution in [0.2, 0.25) is 0 Å². The normalized spacial score (nSPS) is 10.1. The smallest absolute Gasteiger partial charge is 0.304 e. The van der Waals surface area contributed by atoms with Crippen molar-refractivity contribution < 1.29 is 14.8 Å². The Balaban J connectivity index is 2.68. The Kier molecular flexibility index (Phi) is 4.30. The largest absolute Gasteiger partial charge is 0.481 e. The van der Waals surface area contributed by atoms with Crippen LogP contribution in [-0.4, -0.2) is 21.8 Å². The van der Waals surface area contributed by atoms with Gasteiger partial charge in [0.1, 0.15) is 0 Å². The van der Waals surface area contributed by atoms with E-state index < -0.39 is 10.9 Å². The average molecular weight is 241 g/mol. The van der Waals surface area contributed by atoms with Gasteiger partial charge >= 0.3 is 5.97 Å². The Morgan fingerprint density at radius 2 is 2.25 bits per heavy atom. The zero-order valence-electron chi connectivity index (χ0n) is 8.67. The van der Waals surface area contributed by atoms with Crippen molar-refractivity contribution in [1.82, 2.24) is 0 Å². The molecule has 0 aromatic heterocycles. The first kappa shape index (κ1) is 12.5. The summed E-state index contributed by atoms with van der Waals surface area (Å²) in [5, 5.41) is 19.0. The van der Waals surface area contributed by atoms with E-state index in [0.717, 1.165) is 10.5 Å². The van der Waals surface area contributed by atoms with E-state index in [1.54, 1.807) is 13.0 Å². The molecule has 0 saturated heterocycles. The van der Waals surface area contributed by atoms with Gasteiger partial charge in [0, 0.05) is 22.8 Å². The minimum absolute atomic E-state index is 0.0556. The molecule has 16 heavy (non-hydrogen) atoms. The SMILES string of the molecule is Cc1cc([N+](=O)[O-])ccc1SCCC(=O)O. The molecule has 0 aliphatic heterocycles. The standard InChI is InChI=1S/C10H11NO4S/c1-7-6-8(11(14)15)2-3-9(7)16-5-4-10(12)13/h2-3,6H,4-5H2,1H3,(H,12,13). The van der Waals surface area contributed by atoms with Crippen molar-refractivity contribution in [3.05, 3.63) is 33.9 Å². The number of nitrogens with zero attached hydrogens (tertiary/aromatic N) is 1. The fraction of sp³-hybridized carbons (Fsp3) is 0.300. The Hall–Kier alpha value is -1.56. The van der Waals surface area contributed by atoms with Gasteiger partial charge in [-0.15, -0.1) is 11.8 Å². The van der Waals surface area contributed by atoms with E-state index in [4.69, 9.17) is 5.11 Å².